The number of pyridine rings is 1. The van der Waals surface area contributed by atoms with Crippen LogP contribution >= 0.6 is 11.8 Å². The van der Waals surface area contributed by atoms with Gasteiger partial charge in [-0.05, 0) is 79.2 Å². The Labute approximate surface area is 272 Å². The van der Waals surface area contributed by atoms with Gasteiger partial charge in [0.05, 0.1) is 11.9 Å². The van der Waals surface area contributed by atoms with Gasteiger partial charge in [-0.1, -0.05) is 39.8 Å². The van der Waals surface area contributed by atoms with Crippen LogP contribution in [0, 0.1) is 45.8 Å². The number of carbonyl (C=O) groups excluding carboxylic acids is 3. The van der Waals surface area contributed by atoms with Crippen molar-refractivity contribution in [3.8, 4) is 0 Å². The third-order valence-corrected chi connectivity index (χ3v) is 14.6. The first-order valence-electron chi connectivity index (χ1n) is 16.9. The topological polar surface area (TPSA) is 123 Å². The molecule has 6 rings (SSSR count). The molecule has 1 aromatic rings. The van der Waals surface area contributed by atoms with Crippen molar-refractivity contribution in [1.82, 2.24) is 9.88 Å². The van der Waals surface area contributed by atoms with Crippen molar-refractivity contribution in [3.05, 3.63) is 42.7 Å². The zero-order valence-electron chi connectivity index (χ0n) is 27.3. The van der Waals surface area contributed by atoms with E-state index in [1.807, 2.05) is 24.0 Å². The fraction of sp³-hybridized carbons (Fsp3) is 0.722. The molecule has 4 aliphatic carbocycles. The highest BCUT2D eigenvalue weighted by molar-refractivity contribution is 8.00. The Bertz CT molecular complexity index is 1310. The van der Waals surface area contributed by atoms with E-state index in [2.05, 4.69) is 32.3 Å². The summed E-state index contributed by atoms with van der Waals surface area (Å²) in [6, 6.07) is 2.94. The first kappa shape index (κ1) is 32.7. The van der Waals surface area contributed by atoms with Gasteiger partial charge < -0.3 is 20.5 Å². The van der Waals surface area contributed by atoms with Crippen molar-refractivity contribution in [2.45, 2.75) is 96.1 Å². The van der Waals surface area contributed by atoms with Gasteiger partial charge in [0.15, 0.2) is 0 Å². The average molecular weight is 638 g/mol. The zero-order chi connectivity index (χ0) is 32.3. The molecule has 8 nitrogen and oxygen atoms in total. The minimum Gasteiger partial charge on any atom is -0.461 e. The summed E-state index contributed by atoms with van der Waals surface area (Å²) in [6.07, 6.45) is 9.61. The molecule has 2 unspecified atom stereocenters. The Morgan fingerprint density at radius 3 is 2.60 bits per heavy atom. The molecule has 2 heterocycles. The number of rotatable bonds is 7. The summed E-state index contributed by atoms with van der Waals surface area (Å²) in [5.41, 5.74) is 5.59. The van der Waals surface area contributed by atoms with Gasteiger partial charge in [-0.2, -0.15) is 0 Å². The number of nitrogens with two attached hydrogens (primary N) is 1. The molecule has 1 saturated heterocycles. The molecule has 3 N–H and O–H groups in total. The van der Waals surface area contributed by atoms with E-state index in [0.717, 1.165) is 37.7 Å². The van der Waals surface area contributed by atoms with Crippen LogP contribution in [0.2, 0.25) is 0 Å². The minimum atomic E-state index is -0.698. The van der Waals surface area contributed by atoms with E-state index in [1.54, 1.807) is 30.2 Å². The maximum absolute atomic E-state index is 13.6. The Morgan fingerprint density at radius 2 is 1.96 bits per heavy atom. The van der Waals surface area contributed by atoms with Gasteiger partial charge in [0, 0.05) is 53.9 Å². The van der Waals surface area contributed by atoms with Crippen molar-refractivity contribution < 1.29 is 24.2 Å². The summed E-state index contributed by atoms with van der Waals surface area (Å²) in [5, 5.41) is 12.1. The molecule has 9 heteroatoms. The number of ketones is 1. The number of carbonyl (C=O) groups is 3. The number of likely N-dealkylation sites (tertiary alicyclic amines) is 1. The number of fused-ring (bicyclic) bond motifs is 1. The predicted molar refractivity (Wildman–Crippen MR) is 175 cm³/mol. The number of aromatic nitrogens is 1. The van der Waals surface area contributed by atoms with Crippen molar-refractivity contribution in [1.29, 1.82) is 0 Å². The molecule has 1 aromatic heterocycles. The van der Waals surface area contributed by atoms with Crippen LogP contribution in [0.1, 0.15) is 84.2 Å². The maximum Gasteiger partial charge on any atom is 0.316 e. The van der Waals surface area contributed by atoms with E-state index in [-0.39, 0.29) is 46.6 Å². The van der Waals surface area contributed by atoms with Crippen LogP contribution in [-0.4, -0.2) is 69.0 Å². The van der Waals surface area contributed by atoms with Crippen LogP contribution < -0.4 is 5.73 Å². The Balaban J connectivity index is 1.10. The lowest BCUT2D eigenvalue weighted by atomic mass is 9.44. The number of hydrogen-bond acceptors (Lipinski definition) is 8. The van der Waals surface area contributed by atoms with Gasteiger partial charge in [0.25, 0.3) is 0 Å². The number of hydrogen-bond donors (Lipinski definition) is 2. The molecule has 1 aliphatic heterocycles. The normalized spacial score (nSPS) is 43.2. The van der Waals surface area contributed by atoms with Crippen LogP contribution in [-0.2, 0) is 19.1 Å². The molecule has 0 radical (unpaired) electrons. The smallest absolute Gasteiger partial charge is 0.316 e. The lowest BCUT2D eigenvalue weighted by Gasteiger charge is -2.61. The second-order valence-electron chi connectivity index (χ2n) is 15.5. The predicted octanol–water partition coefficient (Wildman–Crippen LogP) is 4.96. The molecular weight excluding hydrogens is 586 g/mol. The maximum atomic E-state index is 13.6. The minimum absolute atomic E-state index is 0.0462. The molecule has 4 saturated carbocycles. The summed E-state index contributed by atoms with van der Waals surface area (Å²) in [7, 11) is 0. The molecule has 0 spiro atoms. The van der Waals surface area contributed by atoms with Gasteiger partial charge >= 0.3 is 5.97 Å². The number of thioether (sulfide) groups is 1. The molecule has 2 bridgehead atoms. The first-order chi connectivity index (χ1) is 21.3. The van der Waals surface area contributed by atoms with E-state index >= 15 is 0 Å². The third-order valence-electron chi connectivity index (χ3n) is 13.3. The van der Waals surface area contributed by atoms with Gasteiger partial charge in [-0.25, -0.2) is 0 Å². The lowest BCUT2D eigenvalue weighted by molar-refractivity contribution is -0.205. The molecule has 246 valence electrons. The number of ether oxygens (including phenoxy) is 1. The first-order valence-corrected chi connectivity index (χ1v) is 18.0. The highest BCUT2D eigenvalue weighted by Gasteiger charge is 2.68. The number of Topliss-reactive ketones (excluding diaryl/α,β-unsaturated/α-hetero) is 1. The van der Waals surface area contributed by atoms with Crippen molar-refractivity contribution in [2.75, 3.05) is 18.8 Å². The van der Waals surface area contributed by atoms with Crippen LogP contribution in [0.4, 0.5) is 0 Å². The monoisotopic (exact) mass is 637 g/mol. The third kappa shape index (κ3) is 5.38. The molecule has 11 atom stereocenters. The Hall–Kier alpha value is -2.23. The number of nitrogens with zero attached hydrogens (tertiary/aromatic N) is 2. The SMILES string of the molecule is C=C[C@]1(C)C[C@@H](OC(=O)CSC2CC3CN(C(=O)[C@H](N)c4cccnc4)CC3C2)[C@]2(C)[C@H](C)CC[C@]3(CCC(=O)[C@H]32)[C@@H](C)[C@@H]1O. The van der Waals surface area contributed by atoms with Crippen molar-refractivity contribution >= 4 is 29.4 Å². The lowest BCUT2D eigenvalue weighted by Crippen LogP contribution is -2.63. The standard InChI is InChI=1S/C36H51N3O5S/c1-6-34(4)16-28(35(5)21(2)9-11-36(22(3)32(34)42)12-10-27(40)31(35)36)44-29(41)20-45-26-14-24-18-39(19-25(24)15-26)33(43)30(37)23-8-7-13-38-17-23/h6-8,13,17,21-22,24-26,28,30-32,42H,1,9-12,14-16,18-20,37H2,2-5H3/t21-,22+,24?,25?,26?,28-,30-,31+,32+,34-,35+,36+/m1/s1. The van der Waals surface area contributed by atoms with Crippen molar-refractivity contribution in [3.63, 3.8) is 0 Å². The molecule has 45 heavy (non-hydrogen) atoms. The van der Waals surface area contributed by atoms with Crippen molar-refractivity contribution in [2.24, 2.45) is 51.6 Å². The number of amides is 1. The largest absolute Gasteiger partial charge is 0.461 e. The Morgan fingerprint density at radius 1 is 1.24 bits per heavy atom. The number of esters is 1. The number of aliphatic hydroxyl groups excluding tert-OH is 1. The van der Waals surface area contributed by atoms with E-state index in [4.69, 9.17) is 10.5 Å². The summed E-state index contributed by atoms with van der Waals surface area (Å²) < 4.78 is 6.45. The average Bonchev–Trinajstić information content (AvgIpc) is 3.72. The second-order valence-corrected chi connectivity index (χ2v) is 16.8. The molecule has 5 aliphatic rings. The zero-order valence-corrected chi connectivity index (χ0v) is 28.1. The van der Waals surface area contributed by atoms with E-state index in [9.17, 15) is 19.5 Å². The molecule has 1 amide bonds. The van der Waals surface area contributed by atoms with E-state index < -0.39 is 29.1 Å². The van der Waals surface area contributed by atoms with Crippen LogP contribution in [0.3, 0.4) is 0 Å². The van der Waals surface area contributed by atoms with Gasteiger partial charge in [0.2, 0.25) is 5.91 Å². The van der Waals surface area contributed by atoms with Gasteiger partial charge in [-0.3, -0.25) is 19.4 Å². The molecular formula is C36H51N3O5S. The fourth-order valence-corrected chi connectivity index (χ4v) is 11.5. The van der Waals surface area contributed by atoms with Crippen LogP contribution in [0.25, 0.3) is 0 Å². The number of aliphatic hydroxyl groups is 1. The van der Waals surface area contributed by atoms with E-state index in [1.165, 1.54) is 0 Å². The van der Waals surface area contributed by atoms with E-state index in [0.29, 0.717) is 43.0 Å². The van der Waals surface area contributed by atoms with Crippen LogP contribution in [0.15, 0.2) is 37.2 Å². The highest BCUT2D eigenvalue weighted by Crippen LogP contribution is 2.68. The summed E-state index contributed by atoms with van der Waals surface area (Å²) in [6.45, 7) is 14.1. The quantitative estimate of drug-likeness (QED) is 0.318. The molecule has 0 aromatic carbocycles. The second kappa shape index (κ2) is 12.1. The van der Waals surface area contributed by atoms with Crippen LogP contribution in [0.5, 0.6) is 0 Å². The summed E-state index contributed by atoms with van der Waals surface area (Å²) >= 11 is 1.66. The highest BCUT2D eigenvalue weighted by atomic mass is 32.2. The fourth-order valence-electron chi connectivity index (χ4n) is 10.3. The van der Waals surface area contributed by atoms with Gasteiger partial charge in [0.1, 0.15) is 17.9 Å². The molecule has 5 fully saturated rings. The van der Waals surface area contributed by atoms with Gasteiger partial charge in [-0.15, -0.1) is 18.3 Å². The Kier molecular flexibility index (Phi) is 8.79. The summed E-state index contributed by atoms with van der Waals surface area (Å²) in [4.78, 5) is 46.3. The summed E-state index contributed by atoms with van der Waals surface area (Å²) in [5.74, 6) is 1.00.